The quantitative estimate of drug-likeness (QED) is 0.934. The van der Waals surface area contributed by atoms with E-state index in [1.54, 1.807) is 0 Å². The van der Waals surface area contributed by atoms with E-state index >= 15 is 0 Å². The van der Waals surface area contributed by atoms with E-state index in [1.165, 1.54) is 31.4 Å². The van der Waals surface area contributed by atoms with Crippen LogP contribution in [-0.4, -0.2) is 23.2 Å². The summed E-state index contributed by atoms with van der Waals surface area (Å²) in [6.07, 6.45) is -0.312. The van der Waals surface area contributed by atoms with E-state index in [4.69, 9.17) is 9.84 Å². The van der Waals surface area contributed by atoms with Gasteiger partial charge >= 0.3 is 5.97 Å². The molecule has 6 heteroatoms. The average molecular weight is 279 g/mol. The fourth-order valence-electron chi connectivity index (χ4n) is 1.78. The van der Waals surface area contributed by atoms with Crippen molar-refractivity contribution in [1.29, 1.82) is 0 Å². The Morgan fingerprint density at radius 3 is 2.70 bits per heavy atom. The Morgan fingerprint density at radius 1 is 1.30 bits per heavy atom. The SMILES string of the molecule is COc1ccc(CC(=O)O)nc1-c1cccc(F)c1F. The fourth-order valence-corrected chi connectivity index (χ4v) is 1.78. The molecule has 0 atom stereocenters. The number of nitrogens with zero attached hydrogens (tertiary/aromatic N) is 1. The van der Waals surface area contributed by atoms with E-state index in [9.17, 15) is 13.6 Å². The third kappa shape index (κ3) is 2.74. The summed E-state index contributed by atoms with van der Waals surface area (Å²) in [5, 5.41) is 8.75. The van der Waals surface area contributed by atoms with Gasteiger partial charge in [-0.3, -0.25) is 4.79 Å². The molecule has 0 amide bonds. The highest BCUT2D eigenvalue weighted by Gasteiger charge is 2.16. The third-order valence-electron chi connectivity index (χ3n) is 2.67. The molecule has 0 unspecified atom stereocenters. The highest BCUT2D eigenvalue weighted by atomic mass is 19.2. The van der Waals surface area contributed by atoms with E-state index in [0.29, 0.717) is 0 Å². The first-order valence-corrected chi connectivity index (χ1v) is 5.73. The van der Waals surface area contributed by atoms with Crippen LogP contribution >= 0.6 is 0 Å². The van der Waals surface area contributed by atoms with Crippen molar-refractivity contribution in [3.05, 3.63) is 47.7 Å². The number of hydrogen-bond donors (Lipinski definition) is 1. The van der Waals surface area contributed by atoms with Crippen LogP contribution in [0.15, 0.2) is 30.3 Å². The molecule has 0 radical (unpaired) electrons. The summed E-state index contributed by atoms with van der Waals surface area (Å²) >= 11 is 0. The number of benzene rings is 1. The van der Waals surface area contributed by atoms with Gasteiger partial charge in [-0.05, 0) is 24.3 Å². The molecule has 1 N–H and O–H groups in total. The van der Waals surface area contributed by atoms with Gasteiger partial charge in [0.25, 0.3) is 0 Å². The van der Waals surface area contributed by atoms with Crippen LogP contribution in [0.1, 0.15) is 5.69 Å². The number of aliphatic carboxylic acids is 1. The standard InChI is InChI=1S/C14H11F2NO3/c1-20-11-6-5-8(7-12(18)19)17-14(11)9-3-2-4-10(15)13(9)16/h2-6H,7H2,1H3,(H,18,19). The molecule has 0 fully saturated rings. The second-order valence-electron chi connectivity index (χ2n) is 4.03. The van der Waals surface area contributed by atoms with Crippen molar-refractivity contribution >= 4 is 5.97 Å². The molecule has 0 aliphatic heterocycles. The van der Waals surface area contributed by atoms with Crippen molar-refractivity contribution in [3.8, 4) is 17.0 Å². The number of ether oxygens (including phenoxy) is 1. The molecule has 0 aliphatic rings. The van der Waals surface area contributed by atoms with E-state index in [-0.39, 0.29) is 29.1 Å². The van der Waals surface area contributed by atoms with Crippen molar-refractivity contribution in [2.75, 3.05) is 7.11 Å². The minimum Gasteiger partial charge on any atom is -0.494 e. The van der Waals surface area contributed by atoms with Gasteiger partial charge in [-0.2, -0.15) is 0 Å². The largest absolute Gasteiger partial charge is 0.494 e. The molecule has 0 aliphatic carbocycles. The molecular formula is C14H11F2NO3. The minimum absolute atomic E-state index is 0.0725. The molecule has 0 bridgehead atoms. The fraction of sp³-hybridized carbons (Fsp3) is 0.143. The molecule has 1 heterocycles. The number of carboxylic acids is 1. The van der Waals surface area contributed by atoms with Crippen LogP contribution in [0.25, 0.3) is 11.3 Å². The minimum atomic E-state index is -1.06. The molecule has 2 aromatic rings. The lowest BCUT2D eigenvalue weighted by atomic mass is 10.1. The first-order chi connectivity index (χ1) is 9.52. The summed E-state index contributed by atoms with van der Waals surface area (Å²) in [6.45, 7) is 0. The van der Waals surface area contributed by atoms with Crippen molar-refractivity contribution in [2.45, 2.75) is 6.42 Å². The lowest BCUT2D eigenvalue weighted by molar-refractivity contribution is -0.136. The molecule has 1 aromatic heterocycles. The normalized spacial score (nSPS) is 10.3. The Hall–Kier alpha value is -2.50. The number of pyridine rings is 1. The second-order valence-corrected chi connectivity index (χ2v) is 4.03. The zero-order valence-corrected chi connectivity index (χ0v) is 10.6. The number of hydrogen-bond acceptors (Lipinski definition) is 3. The zero-order valence-electron chi connectivity index (χ0n) is 10.6. The van der Waals surface area contributed by atoms with Crippen LogP contribution < -0.4 is 4.74 Å². The lowest BCUT2D eigenvalue weighted by Crippen LogP contribution is -2.04. The van der Waals surface area contributed by atoms with Gasteiger partial charge < -0.3 is 9.84 Å². The monoisotopic (exact) mass is 279 g/mol. The summed E-state index contributed by atoms with van der Waals surface area (Å²) in [5.41, 5.74) is 0.231. The van der Waals surface area contributed by atoms with Crippen LogP contribution in [0.3, 0.4) is 0 Å². The topological polar surface area (TPSA) is 59.4 Å². The Morgan fingerprint density at radius 2 is 2.05 bits per heavy atom. The molecule has 4 nitrogen and oxygen atoms in total. The Labute approximate surface area is 113 Å². The van der Waals surface area contributed by atoms with Gasteiger partial charge in [-0.15, -0.1) is 0 Å². The number of carbonyl (C=O) groups is 1. The summed E-state index contributed by atoms with van der Waals surface area (Å²) in [6, 6.07) is 6.64. The average Bonchev–Trinajstić information content (AvgIpc) is 2.41. The van der Waals surface area contributed by atoms with Crippen molar-refractivity contribution in [1.82, 2.24) is 4.98 Å². The van der Waals surface area contributed by atoms with Gasteiger partial charge in [0.15, 0.2) is 11.6 Å². The lowest BCUT2D eigenvalue weighted by Gasteiger charge is -2.10. The molecule has 20 heavy (non-hydrogen) atoms. The van der Waals surface area contributed by atoms with Crippen molar-refractivity contribution in [3.63, 3.8) is 0 Å². The molecule has 104 valence electrons. The molecule has 2 rings (SSSR count). The molecule has 0 spiro atoms. The third-order valence-corrected chi connectivity index (χ3v) is 2.67. The maximum atomic E-state index is 13.8. The van der Waals surface area contributed by atoms with Crippen LogP contribution in [0, 0.1) is 11.6 Å². The smallest absolute Gasteiger partial charge is 0.309 e. The van der Waals surface area contributed by atoms with Crippen molar-refractivity contribution in [2.24, 2.45) is 0 Å². The first kappa shape index (κ1) is 13.9. The summed E-state index contributed by atoms with van der Waals surface area (Å²) in [4.78, 5) is 14.7. The predicted octanol–water partition coefficient (Wildman–Crippen LogP) is 2.66. The molecular weight excluding hydrogens is 268 g/mol. The van der Waals surface area contributed by atoms with Gasteiger partial charge in [0.1, 0.15) is 11.4 Å². The highest BCUT2D eigenvalue weighted by molar-refractivity contribution is 5.71. The van der Waals surface area contributed by atoms with Gasteiger partial charge in [0, 0.05) is 5.56 Å². The Kier molecular flexibility index (Phi) is 3.93. The van der Waals surface area contributed by atoms with Crippen LogP contribution in [-0.2, 0) is 11.2 Å². The van der Waals surface area contributed by atoms with Gasteiger partial charge in [0.05, 0.1) is 19.2 Å². The highest BCUT2D eigenvalue weighted by Crippen LogP contribution is 2.31. The zero-order chi connectivity index (χ0) is 14.7. The van der Waals surface area contributed by atoms with E-state index < -0.39 is 17.6 Å². The van der Waals surface area contributed by atoms with Crippen molar-refractivity contribution < 1.29 is 23.4 Å². The Bertz CT molecular complexity index is 659. The number of carboxylic acid groups (broad SMARTS) is 1. The molecule has 0 saturated heterocycles. The van der Waals surface area contributed by atoms with Crippen LogP contribution in [0.2, 0.25) is 0 Å². The second kappa shape index (κ2) is 5.64. The summed E-state index contributed by atoms with van der Waals surface area (Å²) < 4.78 is 32.1. The predicted molar refractivity (Wildman–Crippen MR) is 67.5 cm³/mol. The van der Waals surface area contributed by atoms with E-state index in [2.05, 4.69) is 4.98 Å². The number of rotatable bonds is 4. The number of halogens is 2. The van der Waals surface area contributed by atoms with Gasteiger partial charge in [-0.1, -0.05) is 6.07 Å². The molecule has 0 saturated carbocycles. The maximum absolute atomic E-state index is 13.8. The van der Waals surface area contributed by atoms with Crippen LogP contribution in [0.5, 0.6) is 5.75 Å². The van der Waals surface area contributed by atoms with Crippen LogP contribution in [0.4, 0.5) is 8.78 Å². The first-order valence-electron chi connectivity index (χ1n) is 5.73. The van der Waals surface area contributed by atoms with Gasteiger partial charge in [0.2, 0.25) is 0 Å². The summed E-state index contributed by atoms with van der Waals surface area (Å²) in [7, 11) is 1.37. The summed E-state index contributed by atoms with van der Waals surface area (Å²) in [5.74, 6) is -2.88. The number of aromatic nitrogens is 1. The Balaban J connectivity index is 2.58. The van der Waals surface area contributed by atoms with E-state index in [1.807, 2.05) is 0 Å². The number of methoxy groups -OCH3 is 1. The maximum Gasteiger partial charge on any atom is 0.309 e. The molecule has 1 aromatic carbocycles. The van der Waals surface area contributed by atoms with E-state index in [0.717, 1.165) is 6.07 Å². The van der Waals surface area contributed by atoms with Gasteiger partial charge in [-0.25, -0.2) is 13.8 Å².